The largest absolute Gasteiger partial charge is 0.446 e. The van der Waals surface area contributed by atoms with Crippen molar-refractivity contribution in [2.75, 3.05) is 52.5 Å². The molecule has 1 aliphatic heterocycles. The topological polar surface area (TPSA) is 89.1 Å². The molecule has 0 spiro atoms. The number of rotatable bonds is 32. The lowest BCUT2D eigenvalue weighted by Gasteiger charge is -2.58. The number of likely N-dealkylation sites (tertiary alicyclic amines) is 1. The normalized spacial score (nSPS) is 28.7. The number of piperidine rings is 1. The van der Waals surface area contributed by atoms with Gasteiger partial charge >= 0.3 is 6.09 Å². The van der Waals surface area contributed by atoms with Crippen molar-refractivity contribution in [1.29, 1.82) is 0 Å². The standard InChI is InChI=1S/C58H103N3O5/c1-7-8-9-10-11-12-13-14-15-16-17-18-19-20-21-25-40-64-45-50(44-61-38-23-22-24-39-61)65-41-37-59-55(62)43-60-56(63)66-49-33-35-57(5)48(42-49)29-30-51-53-32-31-52(47(4)28-26-27-46(2)3)58(53,6)36-34-54(51)57/h14-15,29,46-47,49-54H,7-13,16-28,30-45H2,1-6H3,(H,59,62)(H,60,63)/b15-14-/t47?,49-,50?,51-,52?,53?,54?,57-,58+/m0/s1. The van der Waals surface area contributed by atoms with Crippen LogP contribution in [-0.4, -0.2) is 81.7 Å². The van der Waals surface area contributed by atoms with E-state index in [2.05, 4.69) is 75.3 Å². The van der Waals surface area contributed by atoms with Gasteiger partial charge in [-0.05, 0) is 149 Å². The molecule has 5 unspecified atom stereocenters. The van der Waals surface area contributed by atoms with E-state index in [9.17, 15) is 9.59 Å². The zero-order valence-corrected chi connectivity index (χ0v) is 43.8. The number of alkyl carbamates (subject to hydrolysis) is 1. The molecule has 8 heteroatoms. The Labute approximate surface area is 406 Å². The molecule has 1 saturated heterocycles. The SMILES string of the molecule is CCCCCCCC/C=C\CCCCCCCCOCC(CN1CCCCC1)OCCNC(=O)CNC(=O)O[C@H]1CC[C@@]2(C)C(=CC[C@H]3C4CCC(C(C)CCCC(C)C)[C@@]4(C)CCC32)C1. The molecule has 0 aromatic carbocycles. The van der Waals surface area contributed by atoms with Crippen molar-refractivity contribution in [3.63, 3.8) is 0 Å². The smallest absolute Gasteiger partial charge is 0.407 e. The van der Waals surface area contributed by atoms with Gasteiger partial charge in [0.2, 0.25) is 5.91 Å². The molecule has 0 aromatic heterocycles. The molecule has 0 bridgehead atoms. The maximum atomic E-state index is 13.0. The summed E-state index contributed by atoms with van der Waals surface area (Å²) in [6, 6.07) is 0. The molecule has 3 saturated carbocycles. The number of allylic oxidation sites excluding steroid dienone is 3. The first-order valence-electron chi connectivity index (χ1n) is 28.5. The van der Waals surface area contributed by atoms with Gasteiger partial charge in [-0.25, -0.2) is 4.79 Å². The zero-order valence-electron chi connectivity index (χ0n) is 43.8. The Bertz CT molecular complexity index is 1430. The highest BCUT2D eigenvalue weighted by molar-refractivity contribution is 5.82. The molecule has 5 aliphatic rings. The number of carbonyl (C=O) groups is 2. The maximum absolute atomic E-state index is 13.0. The Morgan fingerprint density at radius 2 is 1.50 bits per heavy atom. The monoisotopic (exact) mass is 922 g/mol. The highest BCUT2D eigenvalue weighted by atomic mass is 16.6. The van der Waals surface area contributed by atoms with E-state index in [1.807, 2.05) is 0 Å². The van der Waals surface area contributed by atoms with Crippen LogP contribution in [0.3, 0.4) is 0 Å². The fourth-order valence-electron chi connectivity index (χ4n) is 13.8. The second-order valence-electron chi connectivity index (χ2n) is 23.1. The van der Waals surface area contributed by atoms with Crippen molar-refractivity contribution < 1.29 is 23.8 Å². The number of hydrogen-bond donors (Lipinski definition) is 2. The Kier molecular flexibility index (Phi) is 25.0. The predicted molar refractivity (Wildman–Crippen MR) is 275 cm³/mol. The first-order valence-corrected chi connectivity index (χ1v) is 28.5. The van der Waals surface area contributed by atoms with Crippen LogP contribution < -0.4 is 10.6 Å². The maximum Gasteiger partial charge on any atom is 0.407 e. The second-order valence-corrected chi connectivity index (χ2v) is 23.1. The van der Waals surface area contributed by atoms with E-state index in [0.29, 0.717) is 25.2 Å². The molecule has 8 nitrogen and oxygen atoms in total. The molecule has 0 radical (unpaired) electrons. The molecule has 380 valence electrons. The Morgan fingerprint density at radius 1 is 0.788 bits per heavy atom. The first kappa shape index (κ1) is 55.0. The second kappa shape index (κ2) is 30.0. The van der Waals surface area contributed by atoms with Gasteiger partial charge in [0, 0.05) is 26.1 Å². The van der Waals surface area contributed by atoms with Gasteiger partial charge in [0.25, 0.3) is 0 Å². The Balaban J connectivity index is 0.919. The van der Waals surface area contributed by atoms with Crippen LogP contribution in [0.1, 0.15) is 221 Å². The van der Waals surface area contributed by atoms with Crippen LogP contribution in [0.5, 0.6) is 0 Å². The van der Waals surface area contributed by atoms with Crippen molar-refractivity contribution in [2.45, 2.75) is 234 Å². The summed E-state index contributed by atoms with van der Waals surface area (Å²) in [6.07, 6.45) is 42.5. The highest BCUT2D eigenvalue weighted by Gasteiger charge is 2.59. The van der Waals surface area contributed by atoms with Crippen LogP contribution in [0.4, 0.5) is 4.79 Å². The lowest BCUT2D eigenvalue weighted by molar-refractivity contribution is -0.120. The molecule has 4 aliphatic carbocycles. The van der Waals surface area contributed by atoms with Crippen molar-refractivity contribution >= 4 is 12.0 Å². The summed E-state index contributed by atoms with van der Waals surface area (Å²) in [5.74, 6) is 4.67. The third-order valence-electron chi connectivity index (χ3n) is 17.7. The summed E-state index contributed by atoms with van der Waals surface area (Å²) in [4.78, 5) is 28.2. The van der Waals surface area contributed by atoms with Crippen molar-refractivity contribution in [2.24, 2.45) is 46.3 Å². The van der Waals surface area contributed by atoms with E-state index in [-0.39, 0.29) is 30.1 Å². The van der Waals surface area contributed by atoms with E-state index in [1.54, 1.807) is 0 Å². The number of carbonyl (C=O) groups excluding carboxylic acids is 2. The molecule has 2 N–H and O–H groups in total. The molecule has 9 atom stereocenters. The van der Waals surface area contributed by atoms with Gasteiger partial charge in [-0.15, -0.1) is 0 Å². The zero-order chi connectivity index (χ0) is 47.0. The summed E-state index contributed by atoms with van der Waals surface area (Å²) >= 11 is 0. The van der Waals surface area contributed by atoms with Crippen LogP contribution in [0, 0.1) is 46.3 Å². The van der Waals surface area contributed by atoms with E-state index < -0.39 is 6.09 Å². The van der Waals surface area contributed by atoms with Gasteiger partial charge in [-0.3, -0.25) is 4.79 Å². The van der Waals surface area contributed by atoms with Crippen LogP contribution in [0.25, 0.3) is 0 Å². The quantitative estimate of drug-likeness (QED) is 0.0516. The summed E-state index contributed by atoms with van der Waals surface area (Å²) in [6.45, 7) is 20.0. The number of unbranched alkanes of at least 4 members (excludes halogenated alkanes) is 12. The number of nitrogens with zero attached hydrogens (tertiary/aromatic N) is 1. The van der Waals surface area contributed by atoms with Gasteiger partial charge in [0.15, 0.2) is 0 Å². The number of amides is 2. The fraction of sp³-hybridized carbons (Fsp3) is 0.897. The minimum atomic E-state index is -0.488. The lowest BCUT2D eigenvalue weighted by Crippen LogP contribution is -2.51. The van der Waals surface area contributed by atoms with Crippen molar-refractivity contribution in [3.8, 4) is 0 Å². The van der Waals surface area contributed by atoms with E-state index >= 15 is 0 Å². The third kappa shape index (κ3) is 17.8. The van der Waals surface area contributed by atoms with Crippen molar-refractivity contribution in [3.05, 3.63) is 23.8 Å². The molecule has 1 heterocycles. The van der Waals surface area contributed by atoms with E-state index in [1.165, 1.54) is 160 Å². The molecule has 66 heavy (non-hydrogen) atoms. The van der Waals surface area contributed by atoms with E-state index in [0.717, 1.165) is 87.4 Å². The number of nitrogens with one attached hydrogen (secondary N) is 2. The van der Waals surface area contributed by atoms with Gasteiger partial charge in [0.05, 0.1) is 25.9 Å². The lowest BCUT2D eigenvalue weighted by atomic mass is 9.47. The predicted octanol–water partition coefficient (Wildman–Crippen LogP) is 14.2. The minimum absolute atomic E-state index is 0.0174. The Morgan fingerprint density at radius 3 is 2.23 bits per heavy atom. The number of ether oxygens (including phenoxy) is 3. The third-order valence-corrected chi connectivity index (χ3v) is 17.7. The van der Waals surface area contributed by atoms with Gasteiger partial charge in [-0.2, -0.15) is 0 Å². The highest BCUT2D eigenvalue weighted by Crippen LogP contribution is 2.67. The van der Waals surface area contributed by atoms with Crippen LogP contribution in [0.2, 0.25) is 0 Å². The summed E-state index contributed by atoms with van der Waals surface area (Å²) in [5.41, 5.74) is 2.23. The average Bonchev–Trinajstić information content (AvgIpc) is 3.67. The fourth-order valence-corrected chi connectivity index (χ4v) is 13.8. The van der Waals surface area contributed by atoms with Gasteiger partial charge < -0.3 is 29.7 Å². The first-order chi connectivity index (χ1) is 32.0. The molecular weight excluding hydrogens is 819 g/mol. The molecular formula is C58H103N3O5. The molecule has 0 aromatic rings. The van der Waals surface area contributed by atoms with Crippen LogP contribution in [-0.2, 0) is 19.0 Å². The number of fused-ring (bicyclic) bond motifs is 5. The molecule has 4 fully saturated rings. The summed E-state index contributed by atoms with van der Waals surface area (Å²) in [5, 5.41) is 5.67. The van der Waals surface area contributed by atoms with Gasteiger partial charge in [0.1, 0.15) is 6.10 Å². The summed E-state index contributed by atoms with van der Waals surface area (Å²) in [7, 11) is 0. The van der Waals surface area contributed by atoms with E-state index in [4.69, 9.17) is 14.2 Å². The number of hydrogen-bond acceptors (Lipinski definition) is 6. The van der Waals surface area contributed by atoms with Crippen LogP contribution in [0.15, 0.2) is 23.8 Å². The molecule has 5 rings (SSSR count). The minimum Gasteiger partial charge on any atom is -0.446 e. The summed E-state index contributed by atoms with van der Waals surface area (Å²) < 4.78 is 18.4. The average molecular weight is 922 g/mol. The van der Waals surface area contributed by atoms with Crippen molar-refractivity contribution in [1.82, 2.24) is 15.5 Å². The molecule has 2 amide bonds. The Hall–Kier alpha value is -1.90. The van der Waals surface area contributed by atoms with Gasteiger partial charge in [-0.1, -0.05) is 149 Å². The van der Waals surface area contributed by atoms with Crippen LogP contribution >= 0.6 is 0 Å².